The molecular weight excluding hydrogens is 366 g/mol. The smallest absolute Gasteiger partial charge is 0.238 e. The Bertz CT molecular complexity index is 995. The molecule has 0 aromatic heterocycles. The van der Waals surface area contributed by atoms with Gasteiger partial charge in [0.1, 0.15) is 5.75 Å². The molecule has 2 aromatic rings. The van der Waals surface area contributed by atoms with E-state index in [1.807, 2.05) is 19.1 Å². The van der Waals surface area contributed by atoms with E-state index in [4.69, 9.17) is 4.74 Å². The number of hydrogen-bond donors (Lipinski definition) is 0. The summed E-state index contributed by atoms with van der Waals surface area (Å²) in [6.07, 6.45) is 2.60. The molecule has 1 aliphatic carbocycles. The second kappa shape index (κ2) is 7.66. The van der Waals surface area contributed by atoms with Gasteiger partial charge in [-0.1, -0.05) is 48.0 Å². The Hall–Kier alpha value is -3.21. The molecule has 0 N–H and O–H groups in total. The third-order valence-corrected chi connectivity index (χ3v) is 5.64. The van der Waals surface area contributed by atoms with Crippen LogP contribution in [0.2, 0.25) is 0 Å². The van der Waals surface area contributed by atoms with E-state index in [1.54, 1.807) is 55.5 Å². The van der Waals surface area contributed by atoms with Crippen molar-refractivity contribution in [1.82, 2.24) is 0 Å². The molecule has 29 heavy (non-hydrogen) atoms. The van der Waals surface area contributed by atoms with Crippen molar-refractivity contribution in [2.75, 3.05) is 4.90 Å². The van der Waals surface area contributed by atoms with E-state index in [-0.39, 0.29) is 29.4 Å². The molecule has 4 rings (SSSR count). The Morgan fingerprint density at radius 2 is 1.76 bits per heavy atom. The van der Waals surface area contributed by atoms with E-state index < -0.39 is 6.10 Å². The SMILES string of the molecule is CC1=CC[C@@H]2C(=O)N(c3cccc(O[C@@H](C)C(=O)c4ccccc4)c3)C(=O)[C@@H]2C1. The standard InChI is InChI=1S/C24H23NO4/c1-15-11-12-20-21(13-15)24(28)25(23(20)27)18-9-6-10-19(14-18)29-16(2)22(26)17-7-4-3-5-8-17/h3-11,14,16,20-21H,12-13H2,1-2H3/t16-,20-,21+/m0/s1. The van der Waals surface area contributed by atoms with E-state index in [0.29, 0.717) is 29.8 Å². The van der Waals surface area contributed by atoms with Crippen LogP contribution in [-0.2, 0) is 9.59 Å². The van der Waals surface area contributed by atoms with E-state index in [1.165, 1.54) is 4.90 Å². The first-order valence-electron chi connectivity index (χ1n) is 9.85. The largest absolute Gasteiger partial charge is 0.482 e. The van der Waals surface area contributed by atoms with Gasteiger partial charge in [0.05, 0.1) is 17.5 Å². The van der Waals surface area contributed by atoms with E-state index in [2.05, 4.69) is 0 Å². The summed E-state index contributed by atoms with van der Waals surface area (Å²) in [5.41, 5.74) is 2.22. The Kier molecular flexibility index (Phi) is 5.05. The van der Waals surface area contributed by atoms with Crippen LogP contribution in [0.4, 0.5) is 5.69 Å². The first-order chi connectivity index (χ1) is 14.0. The molecule has 2 aromatic carbocycles. The molecular formula is C24H23NO4. The summed E-state index contributed by atoms with van der Waals surface area (Å²) in [5.74, 6) is -0.557. The van der Waals surface area contributed by atoms with Gasteiger partial charge in [0, 0.05) is 11.6 Å². The summed E-state index contributed by atoms with van der Waals surface area (Å²) >= 11 is 0. The number of carbonyl (C=O) groups is 3. The summed E-state index contributed by atoms with van der Waals surface area (Å²) in [6, 6.07) is 15.8. The highest BCUT2D eigenvalue weighted by molar-refractivity contribution is 6.22. The Morgan fingerprint density at radius 1 is 1.03 bits per heavy atom. The second-order valence-electron chi connectivity index (χ2n) is 7.70. The summed E-state index contributed by atoms with van der Waals surface area (Å²) < 4.78 is 5.83. The molecule has 1 aliphatic heterocycles. The average molecular weight is 389 g/mol. The summed E-state index contributed by atoms with van der Waals surface area (Å²) in [5, 5.41) is 0. The van der Waals surface area contributed by atoms with Gasteiger partial charge >= 0.3 is 0 Å². The van der Waals surface area contributed by atoms with Gasteiger partial charge in [0.2, 0.25) is 17.6 Å². The van der Waals surface area contributed by atoms with E-state index in [0.717, 1.165) is 5.57 Å². The van der Waals surface area contributed by atoms with Crippen LogP contribution >= 0.6 is 0 Å². The van der Waals surface area contributed by atoms with Crippen molar-refractivity contribution in [1.29, 1.82) is 0 Å². The van der Waals surface area contributed by atoms with Crippen LogP contribution in [-0.4, -0.2) is 23.7 Å². The third kappa shape index (κ3) is 3.60. The molecule has 1 saturated heterocycles. The maximum absolute atomic E-state index is 12.9. The number of amides is 2. The molecule has 0 unspecified atom stereocenters. The molecule has 3 atom stereocenters. The monoisotopic (exact) mass is 389 g/mol. The average Bonchev–Trinajstić information content (AvgIpc) is 2.98. The molecule has 0 bridgehead atoms. The number of nitrogens with zero attached hydrogens (tertiary/aromatic N) is 1. The van der Waals surface area contributed by atoms with Crippen molar-refractivity contribution in [2.24, 2.45) is 11.8 Å². The van der Waals surface area contributed by atoms with Gasteiger partial charge in [0.25, 0.3) is 0 Å². The van der Waals surface area contributed by atoms with Crippen LogP contribution in [0.1, 0.15) is 37.0 Å². The lowest BCUT2D eigenvalue weighted by atomic mass is 9.82. The summed E-state index contributed by atoms with van der Waals surface area (Å²) in [6.45, 7) is 3.69. The van der Waals surface area contributed by atoms with Crippen molar-refractivity contribution >= 4 is 23.3 Å². The highest BCUT2D eigenvalue weighted by atomic mass is 16.5. The topological polar surface area (TPSA) is 63.7 Å². The second-order valence-corrected chi connectivity index (χ2v) is 7.70. The Morgan fingerprint density at radius 3 is 2.52 bits per heavy atom. The quantitative estimate of drug-likeness (QED) is 0.437. The predicted molar refractivity (Wildman–Crippen MR) is 110 cm³/mol. The van der Waals surface area contributed by atoms with Gasteiger partial charge in [-0.3, -0.25) is 14.4 Å². The molecule has 0 radical (unpaired) electrons. The molecule has 2 amide bonds. The van der Waals surface area contributed by atoms with Gasteiger partial charge < -0.3 is 4.74 Å². The Labute approximate surface area is 170 Å². The summed E-state index contributed by atoms with van der Waals surface area (Å²) in [4.78, 5) is 39.6. The predicted octanol–water partition coefficient (Wildman–Crippen LogP) is 4.18. The number of hydrogen-bond acceptors (Lipinski definition) is 4. The minimum Gasteiger partial charge on any atom is -0.482 e. The van der Waals surface area contributed by atoms with Gasteiger partial charge in [-0.15, -0.1) is 0 Å². The van der Waals surface area contributed by atoms with E-state index in [9.17, 15) is 14.4 Å². The van der Waals surface area contributed by atoms with Crippen molar-refractivity contribution in [3.05, 3.63) is 71.8 Å². The fraction of sp³-hybridized carbons (Fsp3) is 0.292. The van der Waals surface area contributed by atoms with Gasteiger partial charge in [-0.25, -0.2) is 4.90 Å². The van der Waals surface area contributed by atoms with Crippen LogP contribution in [0.3, 0.4) is 0 Å². The van der Waals surface area contributed by atoms with Crippen molar-refractivity contribution in [3.8, 4) is 5.75 Å². The molecule has 1 fully saturated rings. The van der Waals surface area contributed by atoms with Gasteiger partial charge in [-0.05, 0) is 38.8 Å². The lowest BCUT2D eigenvalue weighted by Gasteiger charge is -2.19. The highest BCUT2D eigenvalue weighted by Crippen LogP contribution is 2.40. The maximum Gasteiger partial charge on any atom is 0.238 e. The van der Waals surface area contributed by atoms with Crippen molar-refractivity contribution in [3.63, 3.8) is 0 Å². The number of Topliss-reactive ketones (excluding diaryl/α,β-unsaturated/α-hetero) is 1. The van der Waals surface area contributed by atoms with Crippen molar-refractivity contribution in [2.45, 2.75) is 32.8 Å². The Balaban J connectivity index is 1.53. The number of rotatable bonds is 5. The minimum absolute atomic E-state index is 0.128. The van der Waals surface area contributed by atoms with Crippen LogP contribution in [0.15, 0.2) is 66.2 Å². The number of ketones is 1. The molecule has 5 nitrogen and oxygen atoms in total. The first-order valence-corrected chi connectivity index (χ1v) is 9.85. The number of anilines is 1. The fourth-order valence-corrected chi connectivity index (χ4v) is 4.08. The molecule has 2 aliphatic rings. The van der Waals surface area contributed by atoms with Crippen LogP contribution in [0.25, 0.3) is 0 Å². The molecule has 0 saturated carbocycles. The number of carbonyl (C=O) groups excluding carboxylic acids is 3. The number of ether oxygens (including phenoxy) is 1. The maximum atomic E-state index is 12.9. The van der Waals surface area contributed by atoms with Crippen LogP contribution in [0, 0.1) is 11.8 Å². The molecule has 148 valence electrons. The number of benzene rings is 2. The fourth-order valence-electron chi connectivity index (χ4n) is 4.08. The summed E-state index contributed by atoms with van der Waals surface area (Å²) in [7, 11) is 0. The minimum atomic E-state index is -0.688. The van der Waals surface area contributed by atoms with Gasteiger partial charge in [-0.2, -0.15) is 0 Å². The van der Waals surface area contributed by atoms with E-state index >= 15 is 0 Å². The molecule has 0 spiro atoms. The zero-order valence-corrected chi connectivity index (χ0v) is 16.5. The van der Waals surface area contributed by atoms with Crippen LogP contribution in [0.5, 0.6) is 5.75 Å². The lowest BCUT2D eigenvalue weighted by molar-refractivity contribution is -0.122. The lowest BCUT2D eigenvalue weighted by Crippen LogP contribution is -2.31. The number of imide groups is 1. The molecule has 1 heterocycles. The zero-order valence-electron chi connectivity index (χ0n) is 16.5. The molecule has 5 heteroatoms. The third-order valence-electron chi connectivity index (χ3n) is 5.64. The zero-order chi connectivity index (χ0) is 20.5. The number of allylic oxidation sites excluding steroid dienone is 2. The highest BCUT2D eigenvalue weighted by Gasteiger charge is 2.48. The number of fused-ring (bicyclic) bond motifs is 1. The van der Waals surface area contributed by atoms with Gasteiger partial charge in [0.15, 0.2) is 6.10 Å². The normalized spacial score (nSPS) is 22.1. The van der Waals surface area contributed by atoms with Crippen molar-refractivity contribution < 1.29 is 19.1 Å². The first kappa shape index (κ1) is 19.1. The van der Waals surface area contributed by atoms with Crippen LogP contribution < -0.4 is 9.64 Å².